The summed E-state index contributed by atoms with van der Waals surface area (Å²) in [5, 5.41) is 4.30. The van der Waals surface area contributed by atoms with Crippen LogP contribution in [-0.4, -0.2) is 37.6 Å². The summed E-state index contributed by atoms with van der Waals surface area (Å²) >= 11 is 6.22. The van der Waals surface area contributed by atoms with Crippen LogP contribution in [0.3, 0.4) is 0 Å². The second kappa shape index (κ2) is 10.2. The lowest BCUT2D eigenvalue weighted by Gasteiger charge is -2.37. The van der Waals surface area contributed by atoms with Gasteiger partial charge < -0.3 is 10.2 Å². The quantitative estimate of drug-likeness (QED) is 0.579. The summed E-state index contributed by atoms with van der Waals surface area (Å²) < 4.78 is 0. The van der Waals surface area contributed by atoms with Gasteiger partial charge in [0.2, 0.25) is 0 Å². The minimum Gasteiger partial charge on any atom is -0.314 e. The van der Waals surface area contributed by atoms with Crippen LogP contribution in [0.15, 0.2) is 22.8 Å². The zero-order valence-corrected chi connectivity index (χ0v) is 15.2. The van der Waals surface area contributed by atoms with Gasteiger partial charge >= 0.3 is 0 Å². The molecule has 23 heavy (non-hydrogen) atoms. The molecule has 1 heterocycles. The van der Waals surface area contributed by atoms with Gasteiger partial charge in [0, 0.05) is 44.2 Å². The number of rotatable bonds is 6. The van der Waals surface area contributed by atoms with Gasteiger partial charge in [0.25, 0.3) is 0 Å². The highest BCUT2D eigenvalue weighted by molar-refractivity contribution is 6.29. The number of hydrogen-bond acceptors (Lipinski definition) is 2. The van der Waals surface area contributed by atoms with Crippen molar-refractivity contribution in [1.82, 2.24) is 10.2 Å². The number of halogens is 1. The van der Waals surface area contributed by atoms with Crippen LogP contribution in [0, 0.1) is 24.2 Å². The van der Waals surface area contributed by atoms with E-state index in [1.54, 1.807) is 0 Å². The number of nitrogens with one attached hydrogen (secondary N) is 1. The Kier molecular flexibility index (Phi) is 8.23. The maximum atomic E-state index is 6.22. The Labute approximate surface area is 147 Å². The molecule has 1 N–H and O–H groups in total. The molecule has 1 aliphatic heterocycles. The highest BCUT2D eigenvalue weighted by Crippen LogP contribution is 2.35. The molecule has 2 fully saturated rings. The third-order valence-electron chi connectivity index (χ3n) is 5.13. The fraction of sp³-hybridized carbons (Fsp3) is 0.700. The Morgan fingerprint density at radius 2 is 2.00 bits per heavy atom. The van der Waals surface area contributed by atoms with Crippen LogP contribution in [0.25, 0.3) is 0 Å². The Morgan fingerprint density at radius 3 is 2.61 bits per heavy atom. The molecule has 1 aliphatic carbocycles. The van der Waals surface area contributed by atoms with Crippen molar-refractivity contribution >= 4 is 11.6 Å². The third kappa shape index (κ3) is 6.34. The molecule has 0 aromatic heterocycles. The lowest BCUT2D eigenvalue weighted by Crippen LogP contribution is -2.46. The van der Waals surface area contributed by atoms with Crippen molar-refractivity contribution in [2.45, 2.75) is 45.4 Å². The van der Waals surface area contributed by atoms with Crippen LogP contribution in [0.2, 0.25) is 0 Å². The molecule has 0 aromatic carbocycles. The highest BCUT2D eigenvalue weighted by Gasteiger charge is 2.28. The van der Waals surface area contributed by atoms with E-state index in [9.17, 15) is 0 Å². The van der Waals surface area contributed by atoms with E-state index >= 15 is 0 Å². The number of hydrogen-bond donors (Lipinski definition) is 1. The number of allylic oxidation sites excluding steroid dienone is 3. The van der Waals surface area contributed by atoms with Crippen LogP contribution in [0.4, 0.5) is 0 Å². The summed E-state index contributed by atoms with van der Waals surface area (Å²) in [5.74, 6) is 4.10. The number of nitrogens with zero attached hydrogens (tertiary/aromatic N) is 1. The van der Waals surface area contributed by atoms with E-state index in [4.69, 9.17) is 18.0 Å². The molecule has 0 bridgehead atoms. The van der Waals surface area contributed by atoms with E-state index in [0.29, 0.717) is 12.3 Å². The van der Waals surface area contributed by atoms with Crippen LogP contribution >= 0.6 is 11.6 Å². The summed E-state index contributed by atoms with van der Waals surface area (Å²) in [4.78, 5) is 2.61. The maximum Gasteiger partial charge on any atom is 0.0272 e. The molecule has 1 saturated carbocycles. The fourth-order valence-corrected chi connectivity index (χ4v) is 4.08. The molecule has 0 aromatic rings. The summed E-state index contributed by atoms with van der Waals surface area (Å²) in [6.45, 7) is 7.61. The second-order valence-electron chi connectivity index (χ2n) is 6.90. The van der Waals surface area contributed by atoms with Crippen molar-refractivity contribution in [3.8, 4) is 12.3 Å². The molecule has 0 spiro atoms. The fourth-order valence-electron chi connectivity index (χ4n) is 3.96. The SMILES string of the molecule is C#CC/C=C(\C=C(/C)Cl)C(CN1CCNCC1)C1CCCCC1. The van der Waals surface area contributed by atoms with Crippen LogP contribution in [0.1, 0.15) is 45.4 Å². The van der Waals surface area contributed by atoms with Crippen molar-refractivity contribution in [2.75, 3.05) is 32.7 Å². The number of piperazine rings is 1. The van der Waals surface area contributed by atoms with Crippen molar-refractivity contribution in [3.63, 3.8) is 0 Å². The van der Waals surface area contributed by atoms with Crippen molar-refractivity contribution < 1.29 is 0 Å². The molecule has 1 atom stereocenters. The zero-order chi connectivity index (χ0) is 16.5. The van der Waals surface area contributed by atoms with E-state index in [-0.39, 0.29) is 0 Å². The van der Waals surface area contributed by atoms with Crippen LogP contribution in [-0.2, 0) is 0 Å². The zero-order valence-electron chi connectivity index (χ0n) is 14.5. The van der Waals surface area contributed by atoms with E-state index in [0.717, 1.165) is 43.7 Å². The topological polar surface area (TPSA) is 15.3 Å². The van der Waals surface area contributed by atoms with Crippen LogP contribution in [0.5, 0.6) is 0 Å². The first-order valence-electron chi connectivity index (χ1n) is 9.11. The first kappa shape index (κ1) is 18.6. The van der Waals surface area contributed by atoms with Crippen molar-refractivity contribution in [3.05, 3.63) is 22.8 Å². The van der Waals surface area contributed by atoms with Gasteiger partial charge in [-0.05, 0) is 43.3 Å². The first-order valence-corrected chi connectivity index (χ1v) is 9.49. The van der Waals surface area contributed by atoms with Gasteiger partial charge in [-0.1, -0.05) is 36.9 Å². The standard InChI is InChI=1S/C20H31ClN2/c1-3-4-8-19(15-17(2)21)20(18-9-6-5-7-10-18)16-23-13-11-22-12-14-23/h1,8,15,18,20,22H,4-7,9-14,16H2,2H3/b17-15+,19-8+. The molecular weight excluding hydrogens is 304 g/mol. The van der Waals surface area contributed by atoms with Crippen LogP contribution < -0.4 is 5.32 Å². The predicted octanol–water partition coefficient (Wildman–Crippen LogP) is 4.18. The Hall–Kier alpha value is -0.750. The Bertz CT molecular complexity index is 445. The van der Waals surface area contributed by atoms with Gasteiger partial charge in [0.05, 0.1) is 0 Å². The molecule has 0 amide bonds. The summed E-state index contributed by atoms with van der Waals surface area (Å²) in [5.41, 5.74) is 1.36. The molecular formula is C20H31ClN2. The molecule has 2 nitrogen and oxygen atoms in total. The van der Waals surface area contributed by atoms with E-state index < -0.39 is 0 Å². The van der Waals surface area contributed by atoms with Gasteiger partial charge in [-0.3, -0.25) is 0 Å². The molecule has 1 saturated heterocycles. The lowest BCUT2D eigenvalue weighted by atomic mass is 9.75. The van der Waals surface area contributed by atoms with Gasteiger partial charge in [-0.25, -0.2) is 0 Å². The van der Waals surface area contributed by atoms with Gasteiger partial charge in [-0.2, -0.15) is 0 Å². The summed E-state index contributed by atoms with van der Waals surface area (Å²) in [7, 11) is 0. The van der Waals surface area contributed by atoms with Crippen molar-refractivity contribution in [1.29, 1.82) is 0 Å². The van der Waals surface area contributed by atoms with Gasteiger partial charge in [0.1, 0.15) is 0 Å². The lowest BCUT2D eigenvalue weighted by molar-refractivity contribution is 0.171. The van der Waals surface area contributed by atoms with E-state index in [1.807, 2.05) is 6.92 Å². The monoisotopic (exact) mass is 334 g/mol. The van der Waals surface area contributed by atoms with Gasteiger partial charge in [-0.15, -0.1) is 12.3 Å². The molecule has 3 heteroatoms. The highest BCUT2D eigenvalue weighted by atomic mass is 35.5. The predicted molar refractivity (Wildman–Crippen MR) is 101 cm³/mol. The van der Waals surface area contributed by atoms with Crippen molar-refractivity contribution in [2.24, 2.45) is 11.8 Å². The smallest absolute Gasteiger partial charge is 0.0272 e. The molecule has 128 valence electrons. The number of terminal acetylenes is 1. The van der Waals surface area contributed by atoms with E-state index in [2.05, 4.69) is 28.3 Å². The summed E-state index contributed by atoms with van der Waals surface area (Å²) in [6, 6.07) is 0. The minimum atomic E-state index is 0.565. The maximum absolute atomic E-state index is 6.22. The second-order valence-corrected chi connectivity index (χ2v) is 7.49. The van der Waals surface area contributed by atoms with E-state index in [1.165, 1.54) is 37.7 Å². The minimum absolute atomic E-state index is 0.565. The molecule has 0 radical (unpaired) electrons. The Balaban J connectivity index is 2.17. The first-order chi connectivity index (χ1) is 11.2. The van der Waals surface area contributed by atoms with Gasteiger partial charge in [0.15, 0.2) is 0 Å². The average molecular weight is 335 g/mol. The normalized spacial score (nSPS) is 23.5. The summed E-state index contributed by atoms with van der Waals surface area (Å²) in [6.07, 6.45) is 17.4. The molecule has 1 unspecified atom stereocenters. The molecule has 2 rings (SSSR count). The average Bonchev–Trinajstić information content (AvgIpc) is 2.58. The molecule has 2 aliphatic rings. The Morgan fingerprint density at radius 1 is 1.30 bits per heavy atom. The third-order valence-corrected chi connectivity index (χ3v) is 5.24. The largest absolute Gasteiger partial charge is 0.314 e.